The molecule has 2 aromatic carbocycles. The van der Waals surface area contributed by atoms with Gasteiger partial charge in [0.15, 0.2) is 0 Å². The highest BCUT2D eigenvalue weighted by Gasteiger charge is 1.98. The van der Waals surface area contributed by atoms with Crippen LogP contribution in [0.5, 0.6) is 5.75 Å². The van der Waals surface area contributed by atoms with Crippen molar-refractivity contribution < 1.29 is 4.74 Å². The molecule has 0 saturated heterocycles. The average molecular weight is 288 g/mol. The summed E-state index contributed by atoms with van der Waals surface area (Å²) in [5.41, 5.74) is 3.36. The van der Waals surface area contributed by atoms with E-state index in [0.29, 0.717) is 11.1 Å². The van der Waals surface area contributed by atoms with Gasteiger partial charge in [-0.1, -0.05) is 24.3 Å². The Bertz CT molecular complexity index is 526. The van der Waals surface area contributed by atoms with Crippen LogP contribution in [-0.4, -0.2) is 5.52 Å². The maximum absolute atomic E-state index is 8.72. The Kier molecular flexibility index (Phi) is 3.79. The lowest BCUT2D eigenvalue weighted by molar-refractivity contribution is 0.398. The molecule has 0 aliphatic carbocycles. The average Bonchev–Trinajstić information content (AvgIpc) is 2.40. The molecule has 0 aromatic heterocycles. The number of halogens is 1. The Balaban J connectivity index is 2.24. The third kappa shape index (κ3) is 2.86. The molecule has 0 saturated carbocycles. The molecule has 2 rings (SSSR count). The van der Waals surface area contributed by atoms with E-state index >= 15 is 0 Å². The van der Waals surface area contributed by atoms with E-state index in [1.54, 1.807) is 0 Å². The van der Waals surface area contributed by atoms with Crippen molar-refractivity contribution in [2.24, 2.45) is 0 Å². The first-order valence-corrected chi connectivity index (χ1v) is 6.25. The Hall–Kier alpha value is -1.79. The smallest absolute Gasteiger partial charge is 0.143 e. The largest absolute Gasteiger partial charge is 0.482 e. The van der Waals surface area contributed by atoms with Crippen LogP contribution in [0, 0.1) is 11.3 Å². The number of hydrogen-bond donors (Lipinski definition) is 0. The highest BCUT2D eigenvalue weighted by atomic mass is 79.9. The van der Waals surface area contributed by atoms with E-state index in [4.69, 9.17) is 10.00 Å². The van der Waals surface area contributed by atoms with Gasteiger partial charge in [-0.3, -0.25) is 0 Å². The first-order valence-electron chi connectivity index (χ1n) is 5.13. The summed E-state index contributed by atoms with van der Waals surface area (Å²) in [7, 11) is 0. The van der Waals surface area contributed by atoms with Crippen molar-refractivity contribution in [3.05, 3.63) is 54.1 Å². The van der Waals surface area contributed by atoms with Crippen LogP contribution >= 0.6 is 15.9 Å². The first kappa shape index (κ1) is 11.7. The van der Waals surface area contributed by atoms with Gasteiger partial charge >= 0.3 is 0 Å². The van der Waals surface area contributed by atoms with Gasteiger partial charge in [0.2, 0.25) is 0 Å². The standard InChI is InChI=1S/C14H10BrNO/c15-10-17-14-7-5-13(6-8-14)12-3-1-11(9-16)2-4-12/h1-8H,10H2. The van der Waals surface area contributed by atoms with E-state index in [-0.39, 0.29) is 0 Å². The topological polar surface area (TPSA) is 33.0 Å². The van der Waals surface area contributed by atoms with Gasteiger partial charge in [-0.05, 0) is 51.3 Å². The molecule has 0 heterocycles. The van der Waals surface area contributed by atoms with E-state index in [1.807, 2.05) is 48.5 Å². The predicted octanol–water partition coefficient (Wildman–Crippen LogP) is 3.96. The Morgan fingerprint density at radius 2 is 1.47 bits per heavy atom. The second kappa shape index (κ2) is 5.51. The molecular weight excluding hydrogens is 278 g/mol. The number of rotatable bonds is 3. The molecule has 0 N–H and O–H groups in total. The fraction of sp³-hybridized carbons (Fsp3) is 0.0714. The summed E-state index contributed by atoms with van der Waals surface area (Å²) in [6, 6.07) is 17.5. The van der Waals surface area contributed by atoms with Gasteiger partial charge in [-0.25, -0.2) is 0 Å². The summed E-state index contributed by atoms with van der Waals surface area (Å²) in [6.45, 7) is 0. The Morgan fingerprint density at radius 3 is 1.94 bits per heavy atom. The van der Waals surface area contributed by atoms with E-state index in [1.165, 1.54) is 0 Å². The van der Waals surface area contributed by atoms with E-state index in [2.05, 4.69) is 22.0 Å². The lowest BCUT2D eigenvalue weighted by Crippen LogP contribution is -1.87. The quantitative estimate of drug-likeness (QED) is 0.801. The van der Waals surface area contributed by atoms with E-state index in [0.717, 1.165) is 16.9 Å². The third-order valence-electron chi connectivity index (χ3n) is 2.42. The van der Waals surface area contributed by atoms with Crippen molar-refractivity contribution in [1.29, 1.82) is 5.26 Å². The van der Waals surface area contributed by atoms with Crippen molar-refractivity contribution in [3.63, 3.8) is 0 Å². The highest BCUT2D eigenvalue weighted by molar-refractivity contribution is 9.09. The summed E-state index contributed by atoms with van der Waals surface area (Å²) in [5, 5.41) is 8.72. The second-order valence-corrected chi connectivity index (χ2v) is 3.92. The lowest BCUT2D eigenvalue weighted by Gasteiger charge is -2.04. The zero-order valence-electron chi connectivity index (χ0n) is 9.06. The molecule has 0 fully saturated rings. The first-order chi connectivity index (χ1) is 8.33. The fourth-order valence-electron chi connectivity index (χ4n) is 1.54. The molecule has 2 nitrogen and oxygen atoms in total. The SMILES string of the molecule is N#Cc1ccc(-c2ccc(OCBr)cc2)cc1. The number of hydrogen-bond acceptors (Lipinski definition) is 2. The molecule has 0 aliphatic rings. The maximum Gasteiger partial charge on any atom is 0.143 e. The van der Waals surface area contributed by atoms with Gasteiger partial charge in [0.1, 0.15) is 11.3 Å². The summed E-state index contributed by atoms with van der Waals surface area (Å²) >= 11 is 3.21. The third-order valence-corrected chi connectivity index (χ3v) is 2.65. The van der Waals surface area contributed by atoms with Crippen molar-refractivity contribution in [2.75, 3.05) is 5.52 Å². The van der Waals surface area contributed by atoms with Gasteiger partial charge in [0.05, 0.1) is 11.6 Å². The van der Waals surface area contributed by atoms with Gasteiger partial charge in [0.25, 0.3) is 0 Å². The van der Waals surface area contributed by atoms with Crippen molar-refractivity contribution in [1.82, 2.24) is 0 Å². The Labute approximate surface area is 109 Å². The monoisotopic (exact) mass is 287 g/mol. The summed E-state index contributed by atoms with van der Waals surface area (Å²) in [4.78, 5) is 0. The number of alkyl halides is 1. The minimum absolute atomic E-state index is 0.489. The predicted molar refractivity (Wildman–Crippen MR) is 71.0 cm³/mol. The molecule has 0 amide bonds. The van der Waals surface area contributed by atoms with Crippen LogP contribution in [0.2, 0.25) is 0 Å². The second-order valence-electron chi connectivity index (χ2n) is 3.47. The summed E-state index contributed by atoms with van der Waals surface area (Å²) < 4.78 is 5.31. The van der Waals surface area contributed by atoms with Gasteiger partial charge < -0.3 is 4.74 Å². The molecule has 84 valence electrons. The fourth-order valence-corrected chi connectivity index (χ4v) is 1.81. The van der Waals surface area contributed by atoms with Gasteiger partial charge in [0, 0.05) is 0 Å². The minimum atomic E-state index is 0.489. The number of ether oxygens (including phenoxy) is 1. The molecular formula is C14H10BrNO. The molecule has 17 heavy (non-hydrogen) atoms. The van der Waals surface area contributed by atoms with Crippen LogP contribution in [0.1, 0.15) is 5.56 Å². The van der Waals surface area contributed by atoms with E-state index < -0.39 is 0 Å². The Morgan fingerprint density at radius 1 is 0.941 bits per heavy atom. The van der Waals surface area contributed by atoms with Crippen LogP contribution < -0.4 is 4.74 Å². The summed E-state index contributed by atoms with van der Waals surface area (Å²) in [6.07, 6.45) is 0. The van der Waals surface area contributed by atoms with Crippen LogP contribution in [-0.2, 0) is 0 Å². The van der Waals surface area contributed by atoms with Crippen molar-refractivity contribution in [3.8, 4) is 22.9 Å². The highest BCUT2D eigenvalue weighted by Crippen LogP contribution is 2.22. The molecule has 0 atom stereocenters. The summed E-state index contributed by atoms with van der Waals surface area (Å²) in [5.74, 6) is 0.833. The molecule has 0 spiro atoms. The van der Waals surface area contributed by atoms with Crippen LogP contribution in [0.25, 0.3) is 11.1 Å². The van der Waals surface area contributed by atoms with E-state index in [9.17, 15) is 0 Å². The van der Waals surface area contributed by atoms with Crippen LogP contribution in [0.4, 0.5) is 0 Å². The molecule has 0 unspecified atom stereocenters. The van der Waals surface area contributed by atoms with Gasteiger partial charge in [-0.15, -0.1) is 0 Å². The zero-order valence-corrected chi connectivity index (χ0v) is 10.6. The zero-order chi connectivity index (χ0) is 12.1. The normalized spacial score (nSPS) is 9.65. The lowest BCUT2D eigenvalue weighted by atomic mass is 10.0. The number of nitrogens with zero attached hydrogens (tertiary/aromatic N) is 1. The van der Waals surface area contributed by atoms with Crippen LogP contribution in [0.15, 0.2) is 48.5 Å². The van der Waals surface area contributed by atoms with Crippen molar-refractivity contribution >= 4 is 15.9 Å². The maximum atomic E-state index is 8.72. The minimum Gasteiger partial charge on any atom is -0.482 e. The molecule has 0 aliphatic heterocycles. The van der Waals surface area contributed by atoms with Gasteiger partial charge in [-0.2, -0.15) is 5.26 Å². The molecule has 0 bridgehead atoms. The van der Waals surface area contributed by atoms with Crippen molar-refractivity contribution in [2.45, 2.75) is 0 Å². The number of nitriles is 1. The van der Waals surface area contributed by atoms with Crippen LogP contribution in [0.3, 0.4) is 0 Å². The number of benzene rings is 2. The molecule has 2 aromatic rings. The molecule has 0 radical (unpaired) electrons. The molecule has 3 heteroatoms.